The summed E-state index contributed by atoms with van der Waals surface area (Å²) in [6, 6.07) is 47.4. The van der Waals surface area contributed by atoms with E-state index >= 15 is 0 Å². The predicted molar refractivity (Wildman–Crippen MR) is 250 cm³/mol. The molecular weight excluding hydrogens is 851 g/mol. The number of carbonyl (C=O) groups is 3. The van der Waals surface area contributed by atoms with Crippen LogP contribution >= 0.6 is 0 Å². The zero-order valence-corrected chi connectivity index (χ0v) is 37.8. The number of imide groups is 1. The molecule has 8 rings (SSSR count). The van der Waals surface area contributed by atoms with E-state index in [0.717, 1.165) is 38.3 Å². The number of aliphatic hydroxyl groups excluding tert-OH is 1. The summed E-state index contributed by atoms with van der Waals surface area (Å²) in [4.78, 5) is 43.8. The maximum absolute atomic E-state index is 14.8. The molecule has 1 aromatic heterocycles. The van der Waals surface area contributed by atoms with E-state index in [1.165, 1.54) is 7.11 Å². The number of carbonyl (C=O) groups excluding carboxylic acids is 3. The van der Waals surface area contributed by atoms with Crippen LogP contribution in [-0.4, -0.2) is 91.5 Å². The van der Waals surface area contributed by atoms with Crippen molar-refractivity contribution in [3.05, 3.63) is 191 Å². The summed E-state index contributed by atoms with van der Waals surface area (Å²) in [6.45, 7) is 2.42. The standard InChI is InChI=1S/C55H57NO11/c1-37-17-15-26-42(29-37)44-32-47(49(58)45(31-39-20-9-4-10-21-39)53(59)56-43(36-65-55(56)60)30-38-18-7-3-8-19-38)66-46(44)27-16-28-62-52-51(64-35-41-24-13-6-14-25-41)50(48(33-57)67-54(52)61-2)63-34-40-22-11-5-12-23-40/h3-15,17-26,29,32,43,45,48,50-52,54,57H,16,27-28,30-31,33-36H2,1-2H3/t43-,45-,48-,50-,51+,52+,54+/m1/s1. The van der Waals surface area contributed by atoms with Crippen LogP contribution in [0.5, 0.6) is 0 Å². The molecule has 7 atom stereocenters. The van der Waals surface area contributed by atoms with Gasteiger partial charge in [-0.05, 0) is 60.1 Å². The number of cyclic esters (lactones) is 1. The number of Topliss-reactive ketones (excluding diaryl/α,β-unsaturated/α-hetero) is 1. The Bertz CT molecular complexity index is 2520. The van der Waals surface area contributed by atoms with Gasteiger partial charge in [-0.1, -0.05) is 151 Å². The molecule has 2 fully saturated rings. The molecule has 2 aliphatic heterocycles. The smallest absolute Gasteiger partial charge is 0.417 e. The topological polar surface area (TPSA) is 143 Å². The number of ether oxygens (including phenoxy) is 6. The van der Waals surface area contributed by atoms with Crippen LogP contribution in [0.25, 0.3) is 11.1 Å². The van der Waals surface area contributed by atoms with E-state index in [9.17, 15) is 19.5 Å². The molecule has 12 heteroatoms. The Labute approximate surface area is 391 Å². The van der Waals surface area contributed by atoms with E-state index in [2.05, 4.69) is 0 Å². The van der Waals surface area contributed by atoms with E-state index in [4.69, 9.17) is 32.8 Å². The maximum Gasteiger partial charge on any atom is 0.417 e. The molecule has 5 aromatic carbocycles. The lowest BCUT2D eigenvalue weighted by Gasteiger charge is -2.45. The van der Waals surface area contributed by atoms with E-state index in [1.807, 2.05) is 153 Å². The van der Waals surface area contributed by atoms with Crippen molar-refractivity contribution in [3.8, 4) is 11.1 Å². The molecule has 67 heavy (non-hydrogen) atoms. The second kappa shape index (κ2) is 23.0. The second-order valence-corrected chi connectivity index (χ2v) is 17.0. The van der Waals surface area contributed by atoms with Gasteiger partial charge < -0.3 is 37.9 Å². The summed E-state index contributed by atoms with van der Waals surface area (Å²) in [5.41, 5.74) is 6.18. The SMILES string of the molecule is CO[C@H]1O[C@H](CO)[C@@H](OCc2ccccc2)[C@H](OCc2ccccc2)[C@@H]1OCCCc1oc(C(=O)[C@@H](Cc2ccccc2)C(=O)N2C(=O)OC[C@H]2Cc2ccccc2)cc1-c1cccc(C)c1. The van der Waals surface area contributed by atoms with Gasteiger partial charge in [0.05, 0.1) is 25.9 Å². The van der Waals surface area contributed by atoms with Crippen LogP contribution in [0.15, 0.2) is 156 Å². The number of hydrogen-bond donors (Lipinski definition) is 1. The predicted octanol–water partition coefficient (Wildman–Crippen LogP) is 8.74. The Morgan fingerprint density at radius 1 is 0.731 bits per heavy atom. The van der Waals surface area contributed by atoms with Crippen LogP contribution in [0, 0.1) is 12.8 Å². The number of nitrogens with zero attached hydrogens (tertiary/aromatic N) is 1. The summed E-state index contributed by atoms with van der Waals surface area (Å²) in [7, 11) is 1.52. The Morgan fingerprint density at radius 2 is 1.34 bits per heavy atom. The Balaban J connectivity index is 1.04. The molecule has 2 saturated heterocycles. The molecule has 2 amide bonds. The first-order valence-corrected chi connectivity index (χ1v) is 22.8. The van der Waals surface area contributed by atoms with Crippen molar-refractivity contribution in [2.75, 3.05) is 26.9 Å². The minimum Gasteiger partial charge on any atom is -0.457 e. The fourth-order valence-electron chi connectivity index (χ4n) is 8.81. The van der Waals surface area contributed by atoms with Crippen LogP contribution in [0.2, 0.25) is 0 Å². The Hall–Kier alpha value is -6.25. The highest BCUT2D eigenvalue weighted by Gasteiger charge is 2.49. The summed E-state index contributed by atoms with van der Waals surface area (Å²) in [5, 5.41) is 10.5. The largest absolute Gasteiger partial charge is 0.457 e. The van der Waals surface area contributed by atoms with Gasteiger partial charge in [0, 0.05) is 25.7 Å². The average Bonchev–Trinajstić information content (AvgIpc) is 3.96. The summed E-state index contributed by atoms with van der Waals surface area (Å²) in [6.07, 6.45) is -3.33. The number of amides is 2. The lowest BCUT2D eigenvalue weighted by atomic mass is 9.91. The molecule has 0 bridgehead atoms. The van der Waals surface area contributed by atoms with Crippen molar-refractivity contribution in [1.29, 1.82) is 0 Å². The first kappa shape index (κ1) is 47.3. The van der Waals surface area contributed by atoms with Gasteiger partial charge in [-0.15, -0.1) is 0 Å². The molecule has 0 aliphatic carbocycles. The fraction of sp³-hybridized carbons (Fsp3) is 0.327. The summed E-state index contributed by atoms with van der Waals surface area (Å²) >= 11 is 0. The van der Waals surface area contributed by atoms with Gasteiger partial charge in [-0.3, -0.25) is 9.59 Å². The highest BCUT2D eigenvalue weighted by Crippen LogP contribution is 2.34. The lowest BCUT2D eigenvalue weighted by Crippen LogP contribution is -2.61. The van der Waals surface area contributed by atoms with Gasteiger partial charge >= 0.3 is 6.09 Å². The minimum atomic E-state index is -1.27. The zero-order valence-electron chi connectivity index (χ0n) is 37.8. The van der Waals surface area contributed by atoms with Crippen LogP contribution < -0.4 is 0 Å². The molecule has 0 saturated carbocycles. The van der Waals surface area contributed by atoms with Crippen LogP contribution in [0.4, 0.5) is 4.79 Å². The van der Waals surface area contributed by atoms with Crippen molar-refractivity contribution in [3.63, 3.8) is 0 Å². The van der Waals surface area contributed by atoms with Gasteiger partial charge in [0.1, 0.15) is 42.7 Å². The van der Waals surface area contributed by atoms with E-state index in [-0.39, 0.29) is 45.2 Å². The summed E-state index contributed by atoms with van der Waals surface area (Å²) < 4.78 is 43.7. The number of furan rings is 1. The first-order valence-electron chi connectivity index (χ1n) is 22.8. The van der Waals surface area contributed by atoms with Crippen LogP contribution in [0.3, 0.4) is 0 Å². The Morgan fingerprint density at radius 3 is 1.96 bits per heavy atom. The van der Waals surface area contributed by atoms with Gasteiger partial charge in [0.15, 0.2) is 12.1 Å². The zero-order chi connectivity index (χ0) is 46.5. The summed E-state index contributed by atoms with van der Waals surface area (Å²) in [5.74, 6) is -1.90. The molecule has 0 spiro atoms. The number of benzene rings is 5. The number of rotatable bonds is 21. The molecular formula is C55H57NO11. The molecule has 2 aliphatic rings. The van der Waals surface area contributed by atoms with Gasteiger partial charge in [-0.2, -0.15) is 0 Å². The number of methoxy groups -OCH3 is 1. The van der Waals surface area contributed by atoms with E-state index in [0.29, 0.717) is 30.6 Å². The molecule has 6 aromatic rings. The van der Waals surface area contributed by atoms with Crippen molar-refractivity contribution < 1.29 is 52.3 Å². The quantitative estimate of drug-likeness (QED) is 0.0421. The van der Waals surface area contributed by atoms with Crippen LogP contribution in [-0.2, 0) is 65.7 Å². The Kier molecular flexibility index (Phi) is 16.2. The van der Waals surface area contributed by atoms with Gasteiger partial charge in [0.25, 0.3) is 0 Å². The highest BCUT2D eigenvalue weighted by atomic mass is 16.7. The van der Waals surface area contributed by atoms with Crippen LogP contribution in [0.1, 0.15) is 50.6 Å². The molecule has 0 unspecified atom stereocenters. The van der Waals surface area contributed by atoms with Crippen molar-refractivity contribution >= 4 is 17.8 Å². The minimum absolute atomic E-state index is 0.0110. The van der Waals surface area contributed by atoms with E-state index < -0.39 is 60.4 Å². The third-order valence-corrected chi connectivity index (χ3v) is 12.2. The van der Waals surface area contributed by atoms with Gasteiger partial charge in [-0.25, -0.2) is 9.69 Å². The van der Waals surface area contributed by atoms with Gasteiger partial charge in [0.2, 0.25) is 11.7 Å². The normalized spacial score (nSPS) is 20.9. The maximum atomic E-state index is 14.8. The lowest BCUT2D eigenvalue weighted by molar-refractivity contribution is -0.319. The van der Waals surface area contributed by atoms with Crippen molar-refractivity contribution in [1.82, 2.24) is 4.90 Å². The molecule has 12 nitrogen and oxygen atoms in total. The molecule has 348 valence electrons. The van der Waals surface area contributed by atoms with Crippen molar-refractivity contribution in [2.45, 2.75) is 82.6 Å². The molecule has 0 radical (unpaired) electrons. The molecule has 3 heterocycles. The van der Waals surface area contributed by atoms with Crippen molar-refractivity contribution in [2.24, 2.45) is 5.92 Å². The third kappa shape index (κ3) is 11.8. The number of hydrogen-bond acceptors (Lipinski definition) is 11. The monoisotopic (exact) mass is 907 g/mol. The number of aliphatic hydroxyl groups is 1. The number of ketones is 1. The first-order chi connectivity index (χ1) is 32.8. The fourth-order valence-corrected chi connectivity index (χ4v) is 8.81. The average molecular weight is 908 g/mol. The second-order valence-electron chi connectivity index (χ2n) is 17.0. The van der Waals surface area contributed by atoms with E-state index in [1.54, 1.807) is 6.07 Å². The highest BCUT2D eigenvalue weighted by molar-refractivity contribution is 6.12. The number of aryl methyl sites for hydroxylation is 2. The molecule has 1 N–H and O–H groups in total. The third-order valence-electron chi connectivity index (χ3n) is 12.2.